The Hall–Kier alpha value is -0.860. The normalized spacial score (nSPS) is 10.6. The van der Waals surface area contributed by atoms with Gasteiger partial charge >= 0.3 is 0 Å². The van der Waals surface area contributed by atoms with Crippen molar-refractivity contribution in [3.8, 4) is 0 Å². The molecular formula is C10H19N3. The van der Waals surface area contributed by atoms with Crippen molar-refractivity contribution in [2.24, 2.45) is 0 Å². The number of hydrogen-bond acceptors (Lipinski definition) is 2. The molecule has 0 atom stereocenters. The number of unbranched alkanes of at least 4 members (excludes halogenated alkanes) is 3. The molecule has 13 heavy (non-hydrogen) atoms. The van der Waals surface area contributed by atoms with E-state index in [1.165, 1.54) is 25.7 Å². The zero-order chi connectivity index (χ0) is 9.52. The predicted molar refractivity (Wildman–Crippen MR) is 53.6 cm³/mol. The highest BCUT2D eigenvalue weighted by Crippen LogP contribution is 2.04. The molecule has 1 rings (SSSR count). The fourth-order valence-electron chi connectivity index (χ4n) is 1.32. The molecule has 0 aromatic carbocycles. The third-order valence-corrected chi connectivity index (χ3v) is 2.16. The Morgan fingerprint density at radius 2 is 2.00 bits per heavy atom. The van der Waals surface area contributed by atoms with Crippen molar-refractivity contribution in [1.29, 1.82) is 0 Å². The van der Waals surface area contributed by atoms with Crippen LogP contribution in [0.1, 0.15) is 51.2 Å². The summed E-state index contributed by atoms with van der Waals surface area (Å²) in [5.41, 5.74) is 0. The van der Waals surface area contributed by atoms with Crippen LogP contribution >= 0.6 is 0 Å². The number of nitrogens with zero attached hydrogens (tertiary/aromatic N) is 2. The highest BCUT2D eigenvalue weighted by molar-refractivity contribution is 4.89. The van der Waals surface area contributed by atoms with Crippen molar-refractivity contribution in [3.63, 3.8) is 0 Å². The van der Waals surface area contributed by atoms with Gasteiger partial charge in [0.25, 0.3) is 0 Å². The number of rotatable bonds is 6. The van der Waals surface area contributed by atoms with E-state index < -0.39 is 0 Å². The molecule has 0 fully saturated rings. The molecule has 0 aliphatic rings. The first-order valence-corrected chi connectivity index (χ1v) is 5.27. The van der Waals surface area contributed by atoms with Gasteiger partial charge in [-0.05, 0) is 6.42 Å². The molecule has 1 heterocycles. The van der Waals surface area contributed by atoms with E-state index in [9.17, 15) is 0 Å². The Morgan fingerprint density at radius 3 is 2.62 bits per heavy atom. The molecule has 0 saturated carbocycles. The second-order valence-electron chi connectivity index (χ2n) is 3.36. The van der Waals surface area contributed by atoms with Crippen LogP contribution in [0.3, 0.4) is 0 Å². The first kappa shape index (κ1) is 10.2. The largest absolute Gasteiger partial charge is 0.263 e. The average molecular weight is 181 g/mol. The van der Waals surface area contributed by atoms with Gasteiger partial charge in [-0.3, -0.25) is 5.10 Å². The lowest BCUT2D eigenvalue weighted by molar-refractivity contribution is 0.653. The van der Waals surface area contributed by atoms with Gasteiger partial charge in [-0.2, -0.15) is 5.10 Å². The van der Waals surface area contributed by atoms with Gasteiger partial charge in [-0.15, -0.1) is 0 Å². The monoisotopic (exact) mass is 181 g/mol. The Balaban J connectivity index is 2.20. The fourth-order valence-corrected chi connectivity index (χ4v) is 1.32. The predicted octanol–water partition coefficient (Wildman–Crippen LogP) is 2.49. The van der Waals surface area contributed by atoms with Gasteiger partial charge in [0.2, 0.25) is 0 Å². The molecule has 1 N–H and O–H groups in total. The molecule has 0 radical (unpaired) electrons. The van der Waals surface area contributed by atoms with E-state index in [4.69, 9.17) is 0 Å². The Morgan fingerprint density at radius 1 is 1.15 bits per heavy atom. The van der Waals surface area contributed by atoms with Crippen LogP contribution in [0.2, 0.25) is 0 Å². The van der Waals surface area contributed by atoms with Crippen molar-refractivity contribution in [2.75, 3.05) is 0 Å². The maximum atomic E-state index is 4.36. The minimum Gasteiger partial charge on any atom is -0.263 e. The highest BCUT2D eigenvalue weighted by Gasteiger charge is 1.99. The lowest BCUT2D eigenvalue weighted by Crippen LogP contribution is -1.89. The minimum atomic E-state index is 0.922. The summed E-state index contributed by atoms with van der Waals surface area (Å²) in [4.78, 5) is 4.36. The summed E-state index contributed by atoms with van der Waals surface area (Å²) in [5.74, 6) is 1.98. The Labute approximate surface area is 80.0 Å². The summed E-state index contributed by atoms with van der Waals surface area (Å²) in [5, 5.41) is 7.07. The number of aryl methyl sites for hydroxylation is 2. The number of aromatic nitrogens is 3. The lowest BCUT2D eigenvalue weighted by Gasteiger charge is -1.95. The van der Waals surface area contributed by atoms with Crippen molar-refractivity contribution in [3.05, 3.63) is 11.6 Å². The average Bonchev–Trinajstić information content (AvgIpc) is 2.60. The fraction of sp³-hybridized carbons (Fsp3) is 0.800. The molecule has 0 saturated heterocycles. The van der Waals surface area contributed by atoms with Gasteiger partial charge in [0.05, 0.1) is 0 Å². The second kappa shape index (κ2) is 5.73. The summed E-state index contributed by atoms with van der Waals surface area (Å²) < 4.78 is 0. The van der Waals surface area contributed by atoms with Crippen LogP contribution in [0.25, 0.3) is 0 Å². The van der Waals surface area contributed by atoms with Gasteiger partial charge in [0.15, 0.2) is 0 Å². The van der Waals surface area contributed by atoms with Gasteiger partial charge in [0.1, 0.15) is 11.6 Å². The first-order chi connectivity index (χ1) is 6.36. The summed E-state index contributed by atoms with van der Waals surface area (Å²) in [7, 11) is 0. The first-order valence-electron chi connectivity index (χ1n) is 5.27. The third kappa shape index (κ3) is 3.57. The van der Waals surface area contributed by atoms with Crippen LogP contribution in [0.5, 0.6) is 0 Å². The molecule has 0 aliphatic heterocycles. The van der Waals surface area contributed by atoms with Crippen LogP contribution in [0, 0.1) is 0 Å². The van der Waals surface area contributed by atoms with Crippen LogP contribution in [0.4, 0.5) is 0 Å². The smallest absolute Gasteiger partial charge is 0.150 e. The van der Waals surface area contributed by atoms with Crippen LogP contribution in [0.15, 0.2) is 0 Å². The van der Waals surface area contributed by atoms with Crippen molar-refractivity contribution in [2.45, 2.75) is 52.4 Å². The minimum absolute atomic E-state index is 0.922. The number of hydrogen-bond donors (Lipinski definition) is 1. The zero-order valence-electron chi connectivity index (χ0n) is 8.64. The van der Waals surface area contributed by atoms with Gasteiger partial charge < -0.3 is 0 Å². The van der Waals surface area contributed by atoms with E-state index in [0.29, 0.717) is 0 Å². The maximum absolute atomic E-state index is 4.36. The SMILES string of the molecule is CCCCCCc1nc(CC)n[nH]1. The molecule has 0 bridgehead atoms. The number of nitrogens with one attached hydrogen (secondary N) is 1. The van der Waals surface area contributed by atoms with Crippen LogP contribution in [-0.4, -0.2) is 15.2 Å². The molecule has 3 nitrogen and oxygen atoms in total. The number of aromatic amines is 1. The van der Waals surface area contributed by atoms with E-state index in [1.807, 2.05) is 0 Å². The van der Waals surface area contributed by atoms with E-state index in [1.54, 1.807) is 0 Å². The zero-order valence-corrected chi connectivity index (χ0v) is 8.64. The molecule has 3 heteroatoms. The van der Waals surface area contributed by atoms with Gasteiger partial charge in [0, 0.05) is 12.8 Å². The quantitative estimate of drug-likeness (QED) is 0.685. The summed E-state index contributed by atoms with van der Waals surface area (Å²) >= 11 is 0. The molecule has 0 unspecified atom stereocenters. The summed E-state index contributed by atoms with van der Waals surface area (Å²) in [6, 6.07) is 0. The van der Waals surface area contributed by atoms with Gasteiger partial charge in [-0.1, -0.05) is 33.1 Å². The molecule has 0 amide bonds. The van der Waals surface area contributed by atoms with E-state index in [2.05, 4.69) is 29.0 Å². The highest BCUT2D eigenvalue weighted by atomic mass is 15.2. The molecule has 0 spiro atoms. The van der Waals surface area contributed by atoms with Crippen molar-refractivity contribution >= 4 is 0 Å². The van der Waals surface area contributed by atoms with E-state index >= 15 is 0 Å². The molecule has 74 valence electrons. The van der Waals surface area contributed by atoms with Crippen molar-refractivity contribution in [1.82, 2.24) is 15.2 Å². The van der Waals surface area contributed by atoms with Crippen molar-refractivity contribution < 1.29 is 0 Å². The van der Waals surface area contributed by atoms with Crippen LogP contribution < -0.4 is 0 Å². The summed E-state index contributed by atoms with van der Waals surface area (Å²) in [6.45, 7) is 4.30. The maximum Gasteiger partial charge on any atom is 0.150 e. The topological polar surface area (TPSA) is 41.6 Å². The summed E-state index contributed by atoms with van der Waals surface area (Å²) in [6.07, 6.45) is 7.12. The molecule has 1 aromatic rings. The second-order valence-corrected chi connectivity index (χ2v) is 3.36. The lowest BCUT2D eigenvalue weighted by atomic mass is 10.1. The molecular weight excluding hydrogens is 162 g/mol. The Bertz CT molecular complexity index is 230. The molecule has 0 aliphatic carbocycles. The van der Waals surface area contributed by atoms with Crippen LogP contribution in [-0.2, 0) is 12.8 Å². The molecule has 1 aromatic heterocycles. The van der Waals surface area contributed by atoms with E-state index in [-0.39, 0.29) is 0 Å². The number of H-pyrrole nitrogens is 1. The third-order valence-electron chi connectivity index (χ3n) is 2.16. The standard InChI is InChI=1S/C10H19N3/c1-3-5-6-7-8-10-11-9(4-2)12-13-10/h3-8H2,1-2H3,(H,11,12,13). The van der Waals surface area contributed by atoms with Gasteiger partial charge in [-0.25, -0.2) is 4.98 Å². The van der Waals surface area contributed by atoms with E-state index in [0.717, 1.165) is 24.5 Å². The Kier molecular flexibility index (Phi) is 4.50.